The van der Waals surface area contributed by atoms with Crippen molar-refractivity contribution in [1.82, 2.24) is 9.97 Å². The summed E-state index contributed by atoms with van der Waals surface area (Å²) in [6, 6.07) is 8.08. The van der Waals surface area contributed by atoms with E-state index in [0.29, 0.717) is 16.1 Å². The minimum atomic E-state index is -4.46. The van der Waals surface area contributed by atoms with Crippen LogP contribution in [0.3, 0.4) is 0 Å². The van der Waals surface area contributed by atoms with Gasteiger partial charge in [0.05, 0.1) is 0 Å². The summed E-state index contributed by atoms with van der Waals surface area (Å²) < 4.78 is 44.9. The molecule has 0 aliphatic heterocycles. The Balaban J connectivity index is 1.98. The molecule has 1 radical (unpaired) electrons. The van der Waals surface area contributed by atoms with E-state index in [-0.39, 0.29) is 29.4 Å². The number of hydrogen-bond acceptors (Lipinski definition) is 5. The SMILES string of the molecule is CC(C)C[As]c1nc(NCc2cccc(C(F)(F)F)c2)c(C(=O)O)c(-c2ccco2)n1. The van der Waals surface area contributed by atoms with E-state index in [1.165, 1.54) is 18.4 Å². The monoisotopic (exact) mass is 494 g/mol. The number of hydrogen-bond donors (Lipinski definition) is 2. The van der Waals surface area contributed by atoms with Gasteiger partial charge < -0.3 is 0 Å². The summed E-state index contributed by atoms with van der Waals surface area (Å²) in [7, 11) is 0. The molecule has 0 aliphatic rings. The second kappa shape index (κ2) is 9.56. The second-order valence-corrected chi connectivity index (χ2v) is 9.43. The summed E-state index contributed by atoms with van der Waals surface area (Å²) in [4.78, 5) is 20.8. The van der Waals surface area contributed by atoms with Gasteiger partial charge in [0.2, 0.25) is 0 Å². The van der Waals surface area contributed by atoms with Gasteiger partial charge in [-0.05, 0) is 0 Å². The first kappa shape index (κ1) is 22.9. The van der Waals surface area contributed by atoms with Crippen LogP contribution in [0.15, 0.2) is 47.1 Å². The number of halogens is 3. The molecule has 3 rings (SSSR count). The maximum atomic E-state index is 13.0. The molecule has 163 valence electrons. The number of aromatic carboxylic acids is 1. The molecule has 0 fully saturated rings. The summed E-state index contributed by atoms with van der Waals surface area (Å²) in [5.74, 6) is -0.491. The van der Waals surface area contributed by atoms with Crippen molar-refractivity contribution in [2.45, 2.75) is 31.8 Å². The third kappa shape index (κ3) is 5.88. The van der Waals surface area contributed by atoms with Crippen LogP contribution in [0, 0.1) is 5.92 Å². The van der Waals surface area contributed by atoms with Gasteiger partial charge >= 0.3 is 183 Å². The Morgan fingerprint density at radius 1 is 1.23 bits per heavy atom. The standard InChI is InChI=1S/C21H20AsF3N3O3/c1-12(2)10-22-20-27-17(15-7-4-8-31-15)16(19(29)30)18(28-20)26-11-13-5-3-6-14(9-13)21(23,24)25/h3-9,12H,10-11H2,1-2H3,(H,29,30)(H,26,27,28). The number of benzene rings is 1. The zero-order valence-corrected chi connectivity index (χ0v) is 18.6. The molecule has 0 aliphatic carbocycles. The van der Waals surface area contributed by atoms with Crippen molar-refractivity contribution in [2.24, 2.45) is 5.92 Å². The van der Waals surface area contributed by atoms with Gasteiger partial charge in [-0.3, -0.25) is 0 Å². The van der Waals surface area contributed by atoms with Gasteiger partial charge in [0.1, 0.15) is 0 Å². The average molecular weight is 494 g/mol. The van der Waals surface area contributed by atoms with Crippen LogP contribution in [-0.2, 0) is 12.7 Å². The van der Waals surface area contributed by atoms with E-state index >= 15 is 0 Å². The molecule has 0 bridgehead atoms. The molecule has 0 amide bonds. The Bertz CT molecular complexity index is 1050. The van der Waals surface area contributed by atoms with Crippen LogP contribution in [0.1, 0.15) is 35.3 Å². The quantitative estimate of drug-likeness (QED) is 0.450. The predicted octanol–water partition coefficient (Wildman–Crippen LogP) is 4.47. The zero-order valence-electron chi connectivity index (χ0n) is 16.8. The fraction of sp³-hybridized carbons (Fsp3) is 0.286. The summed E-state index contributed by atoms with van der Waals surface area (Å²) >= 11 is -0.427. The van der Waals surface area contributed by atoms with Gasteiger partial charge in [-0.1, -0.05) is 0 Å². The molecule has 2 heterocycles. The number of carbonyl (C=O) groups is 1. The van der Waals surface area contributed by atoms with Crippen LogP contribution in [0.25, 0.3) is 11.5 Å². The van der Waals surface area contributed by atoms with E-state index in [1.807, 2.05) is 0 Å². The molecule has 0 saturated heterocycles. The van der Waals surface area contributed by atoms with Crippen molar-refractivity contribution >= 4 is 32.2 Å². The van der Waals surface area contributed by atoms with E-state index in [9.17, 15) is 23.1 Å². The third-order valence-corrected chi connectivity index (χ3v) is 7.11. The zero-order chi connectivity index (χ0) is 22.6. The van der Waals surface area contributed by atoms with E-state index in [4.69, 9.17) is 4.42 Å². The Morgan fingerprint density at radius 2 is 2.00 bits per heavy atom. The molecular weight excluding hydrogens is 474 g/mol. The second-order valence-electron chi connectivity index (χ2n) is 7.16. The Kier molecular flexibility index (Phi) is 7.05. The van der Waals surface area contributed by atoms with Crippen LogP contribution in [0.5, 0.6) is 0 Å². The summed E-state index contributed by atoms with van der Waals surface area (Å²) in [5, 5.41) is 13.6. The molecule has 3 aromatic rings. The van der Waals surface area contributed by atoms with E-state index < -0.39 is 33.5 Å². The van der Waals surface area contributed by atoms with Gasteiger partial charge in [-0.25, -0.2) is 0 Å². The number of nitrogens with one attached hydrogen (secondary N) is 1. The fourth-order valence-corrected chi connectivity index (χ4v) is 4.57. The molecule has 0 saturated carbocycles. The van der Waals surface area contributed by atoms with Gasteiger partial charge in [0, 0.05) is 0 Å². The number of carboxylic acid groups (broad SMARTS) is 1. The third-order valence-electron chi connectivity index (χ3n) is 4.18. The van der Waals surface area contributed by atoms with Crippen LogP contribution in [0.2, 0.25) is 5.21 Å². The molecule has 1 aromatic carbocycles. The number of anilines is 1. The van der Waals surface area contributed by atoms with Crippen molar-refractivity contribution in [2.75, 3.05) is 5.32 Å². The average Bonchev–Trinajstić information content (AvgIpc) is 3.24. The number of alkyl halides is 3. The van der Waals surface area contributed by atoms with Crippen LogP contribution < -0.4 is 9.93 Å². The molecule has 0 atom stereocenters. The maximum absolute atomic E-state index is 13.0. The van der Waals surface area contributed by atoms with Gasteiger partial charge in [0.25, 0.3) is 0 Å². The normalized spacial score (nSPS) is 12.1. The molecular formula is C21H20AsF3N3O3. The van der Waals surface area contributed by atoms with E-state index in [2.05, 4.69) is 29.1 Å². The number of carboxylic acids is 1. The van der Waals surface area contributed by atoms with Crippen molar-refractivity contribution in [3.63, 3.8) is 0 Å². The molecule has 0 unspecified atom stereocenters. The molecule has 2 N–H and O–H groups in total. The summed E-state index contributed by atoms with van der Waals surface area (Å²) in [5.41, 5.74) is -0.460. The number of furan rings is 1. The number of nitrogens with zero attached hydrogens (tertiary/aromatic N) is 2. The van der Waals surface area contributed by atoms with Gasteiger partial charge in [-0.15, -0.1) is 0 Å². The van der Waals surface area contributed by atoms with Crippen LogP contribution in [-0.4, -0.2) is 36.8 Å². The van der Waals surface area contributed by atoms with Crippen molar-refractivity contribution in [3.05, 3.63) is 59.4 Å². The van der Waals surface area contributed by atoms with E-state index in [1.54, 1.807) is 12.1 Å². The Hall–Kier alpha value is -2.80. The van der Waals surface area contributed by atoms with Crippen molar-refractivity contribution in [1.29, 1.82) is 0 Å². The molecule has 6 nitrogen and oxygen atoms in total. The molecule has 0 spiro atoms. The summed E-state index contributed by atoms with van der Waals surface area (Å²) in [6.07, 6.45) is -3.04. The first-order valence-corrected chi connectivity index (χ1v) is 11.7. The van der Waals surface area contributed by atoms with Gasteiger partial charge in [0.15, 0.2) is 0 Å². The first-order chi connectivity index (χ1) is 14.6. The topological polar surface area (TPSA) is 88.2 Å². The van der Waals surface area contributed by atoms with E-state index in [0.717, 1.165) is 17.3 Å². The van der Waals surface area contributed by atoms with Crippen LogP contribution >= 0.6 is 0 Å². The fourth-order valence-electron chi connectivity index (χ4n) is 2.75. The molecule has 2 aromatic heterocycles. The van der Waals surface area contributed by atoms with Crippen molar-refractivity contribution in [3.8, 4) is 11.5 Å². The predicted molar refractivity (Wildman–Crippen MR) is 110 cm³/mol. The summed E-state index contributed by atoms with van der Waals surface area (Å²) in [6.45, 7) is 4.11. The van der Waals surface area contributed by atoms with Crippen LogP contribution in [0.4, 0.5) is 19.0 Å². The first-order valence-electron chi connectivity index (χ1n) is 9.42. The van der Waals surface area contributed by atoms with Gasteiger partial charge in [-0.2, -0.15) is 0 Å². The Labute approximate surface area is 183 Å². The Morgan fingerprint density at radius 3 is 2.61 bits per heavy atom. The minimum absolute atomic E-state index is 0.0288. The van der Waals surface area contributed by atoms with Crippen molar-refractivity contribution < 1.29 is 27.5 Å². The number of aromatic nitrogens is 2. The molecule has 10 heteroatoms. The number of rotatable bonds is 8. The molecule has 31 heavy (non-hydrogen) atoms.